The molecule has 6 heteroatoms. The molecule has 0 radical (unpaired) electrons. The lowest BCUT2D eigenvalue weighted by Crippen LogP contribution is -2.31. The summed E-state index contributed by atoms with van der Waals surface area (Å²) in [6.07, 6.45) is 0. The van der Waals surface area contributed by atoms with E-state index in [1.807, 2.05) is 25.1 Å². The first-order valence-corrected chi connectivity index (χ1v) is 7.73. The summed E-state index contributed by atoms with van der Waals surface area (Å²) < 4.78 is 5.38. The number of rotatable bonds is 5. The maximum atomic E-state index is 12.0. The molecule has 0 aliphatic heterocycles. The van der Waals surface area contributed by atoms with Gasteiger partial charge in [-0.25, -0.2) is 0 Å². The van der Waals surface area contributed by atoms with E-state index in [2.05, 4.69) is 5.32 Å². The number of amides is 1. The smallest absolute Gasteiger partial charge is 0.258 e. The Morgan fingerprint density at radius 2 is 1.77 bits per heavy atom. The molecule has 1 N–H and O–H groups in total. The highest BCUT2D eigenvalue weighted by Crippen LogP contribution is 2.31. The minimum absolute atomic E-state index is 0.158. The molecular weight excluding hydrogens is 345 g/mol. The molecule has 3 nitrogen and oxygen atoms in total. The number of nitrogens with one attached hydrogen (secondary N) is 1. The summed E-state index contributed by atoms with van der Waals surface area (Å²) in [4.78, 5) is 12.0. The van der Waals surface area contributed by atoms with Crippen molar-refractivity contribution in [3.05, 3.63) is 63.1 Å². The first-order valence-electron chi connectivity index (χ1n) is 6.59. The zero-order chi connectivity index (χ0) is 16.1. The van der Waals surface area contributed by atoms with Gasteiger partial charge >= 0.3 is 0 Å². The summed E-state index contributed by atoms with van der Waals surface area (Å²) in [6, 6.07) is 12.1. The number of benzene rings is 2. The second-order valence-electron chi connectivity index (χ2n) is 4.65. The first kappa shape index (κ1) is 16.9. The Bertz CT molecular complexity index is 676. The van der Waals surface area contributed by atoms with Crippen LogP contribution in [0.1, 0.15) is 18.5 Å². The Labute approximate surface area is 144 Å². The van der Waals surface area contributed by atoms with Crippen LogP contribution >= 0.6 is 34.8 Å². The van der Waals surface area contributed by atoms with Gasteiger partial charge in [0.25, 0.3) is 5.91 Å². The van der Waals surface area contributed by atoms with E-state index in [1.165, 1.54) is 0 Å². The van der Waals surface area contributed by atoms with Crippen molar-refractivity contribution in [1.29, 1.82) is 0 Å². The van der Waals surface area contributed by atoms with Gasteiger partial charge in [-0.3, -0.25) is 4.79 Å². The highest BCUT2D eigenvalue weighted by molar-refractivity contribution is 6.42. The highest BCUT2D eigenvalue weighted by Gasteiger charge is 2.13. The van der Waals surface area contributed by atoms with Gasteiger partial charge in [0.1, 0.15) is 10.8 Å². The number of hydrogen-bond donors (Lipinski definition) is 1. The van der Waals surface area contributed by atoms with E-state index in [9.17, 15) is 4.79 Å². The quantitative estimate of drug-likeness (QED) is 0.825. The third-order valence-electron chi connectivity index (χ3n) is 3.02. The first-order chi connectivity index (χ1) is 10.5. The third kappa shape index (κ3) is 4.29. The van der Waals surface area contributed by atoms with Gasteiger partial charge in [0, 0.05) is 5.02 Å². The highest BCUT2D eigenvalue weighted by atomic mass is 35.5. The molecule has 2 rings (SSSR count). The fourth-order valence-corrected chi connectivity index (χ4v) is 2.57. The standard InChI is InChI=1S/C16H14Cl3NO2/c1-10(11-5-2-3-6-12(11)17)20-15(21)9-22-14-8-4-7-13(18)16(14)19/h2-8,10H,9H2,1H3,(H,20,21)/t10-/m1/s1. The van der Waals surface area contributed by atoms with E-state index in [1.54, 1.807) is 24.3 Å². The van der Waals surface area contributed by atoms with E-state index in [-0.39, 0.29) is 23.6 Å². The molecule has 2 aromatic rings. The Morgan fingerprint density at radius 3 is 2.50 bits per heavy atom. The van der Waals surface area contributed by atoms with Crippen molar-refractivity contribution in [3.8, 4) is 5.75 Å². The monoisotopic (exact) mass is 357 g/mol. The van der Waals surface area contributed by atoms with Gasteiger partial charge in [-0.05, 0) is 30.7 Å². The minimum Gasteiger partial charge on any atom is -0.482 e. The number of carbonyl (C=O) groups is 1. The molecular formula is C16H14Cl3NO2. The van der Waals surface area contributed by atoms with Gasteiger partial charge in [-0.1, -0.05) is 59.1 Å². The maximum Gasteiger partial charge on any atom is 0.258 e. The predicted octanol–water partition coefficient (Wildman–Crippen LogP) is 4.90. The van der Waals surface area contributed by atoms with Crippen LogP contribution in [-0.4, -0.2) is 12.5 Å². The zero-order valence-electron chi connectivity index (χ0n) is 11.8. The van der Waals surface area contributed by atoms with Crippen LogP contribution in [0, 0.1) is 0 Å². The summed E-state index contributed by atoms with van der Waals surface area (Å²) in [5.41, 5.74) is 0.846. The van der Waals surface area contributed by atoms with Crippen molar-refractivity contribution in [2.45, 2.75) is 13.0 Å². The van der Waals surface area contributed by atoms with Crippen LogP contribution < -0.4 is 10.1 Å². The minimum atomic E-state index is -0.275. The van der Waals surface area contributed by atoms with Crippen LogP contribution in [0.4, 0.5) is 0 Å². The van der Waals surface area contributed by atoms with E-state index in [0.29, 0.717) is 15.8 Å². The molecule has 0 spiro atoms. The number of carbonyl (C=O) groups excluding carboxylic acids is 1. The summed E-state index contributed by atoms with van der Waals surface area (Å²) in [7, 11) is 0. The fraction of sp³-hybridized carbons (Fsp3) is 0.188. The molecule has 0 heterocycles. The molecule has 0 saturated carbocycles. The van der Waals surface area contributed by atoms with Crippen molar-refractivity contribution in [2.24, 2.45) is 0 Å². The SMILES string of the molecule is C[C@@H](NC(=O)COc1cccc(Cl)c1Cl)c1ccccc1Cl. The molecule has 22 heavy (non-hydrogen) atoms. The second kappa shape index (κ2) is 7.73. The molecule has 0 aromatic heterocycles. The summed E-state index contributed by atoms with van der Waals surface area (Å²) in [6.45, 7) is 1.69. The van der Waals surface area contributed by atoms with Crippen LogP contribution in [0.25, 0.3) is 0 Å². The van der Waals surface area contributed by atoms with Gasteiger partial charge in [0.05, 0.1) is 11.1 Å². The van der Waals surface area contributed by atoms with Crippen LogP contribution in [0.5, 0.6) is 5.75 Å². The molecule has 0 fully saturated rings. The molecule has 0 aliphatic carbocycles. The normalized spacial score (nSPS) is 11.8. The van der Waals surface area contributed by atoms with Crippen LogP contribution in [0.2, 0.25) is 15.1 Å². The van der Waals surface area contributed by atoms with E-state index in [0.717, 1.165) is 5.56 Å². The summed E-state index contributed by atoms with van der Waals surface area (Å²) in [5, 5.41) is 4.09. The average Bonchev–Trinajstić information content (AvgIpc) is 2.49. The van der Waals surface area contributed by atoms with Gasteiger partial charge in [-0.2, -0.15) is 0 Å². The van der Waals surface area contributed by atoms with Gasteiger partial charge in [0.2, 0.25) is 0 Å². The van der Waals surface area contributed by atoms with Crippen molar-refractivity contribution >= 4 is 40.7 Å². The Balaban J connectivity index is 1.93. The molecule has 0 aliphatic rings. The lowest BCUT2D eigenvalue weighted by Gasteiger charge is -2.16. The lowest BCUT2D eigenvalue weighted by molar-refractivity contribution is -0.123. The molecule has 1 atom stereocenters. The molecule has 0 bridgehead atoms. The maximum absolute atomic E-state index is 12.0. The number of ether oxygens (including phenoxy) is 1. The fourth-order valence-electron chi connectivity index (χ4n) is 1.93. The second-order valence-corrected chi connectivity index (χ2v) is 5.84. The van der Waals surface area contributed by atoms with Gasteiger partial charge < -0.3 is 10.1 Å². The summed E-state index contributed by atoms with van der Waals surface area (Å²) >= 11 is 18.0. The molecule has 0 unspecified atom stereocenters. The van der Waals surface area contributed by atoms with Crippen molar-refractivity contribution in [2.75, 3.05) is 6.61 Å². The topological polar surface area (TPSA) is 38.3 Å². The Kier molecular flexibility index (Phi) is 5.95. The largest absolute Gasteiger partial charge is 0.482 e. The van der Waals surface area contributed by atoms with Crippen molar-refractivity contribution in [1.82, 2.24) is 5.32 Å². The van der Waals surface area contributed by atoms with E-state index in [4.69, 9.17) is 39.5 Å². The zero-order valence-corrected chi connectivity index (χ0v) is 14.0. The predicted molar refractivity (Wildman–Crippen MR) is 90.0 cm³/mol. The van der Waals surface area contributed by atoms with Crippen LogP contribution in [0.15, 0.2) is 42.5 Å². The molecule has 1 amide bonds. The van der Waals surface area contributed by atoms with Crippen LogP contribution in [-0.2, 0) is 4.79 Å². The van der Waals surface area contributed by atoms with Gasteiger partial charge in [0.15, 0.2) is 6.61 Å². The van der Waals surface area contributed by atoms with Crippen molar-refractivity contribution in [3.63, 3.8) is 0 Å². The van der Waals surface area contributed by atoms with E-state index < -0.39 is 0 Å². The number of hydrogen-bond acceptors (Lipinski definition) is 2. The lowest BCUT2D eigenvalue weighted by atomic mass is 10.1. The molecule has 2 aromatic carbocycles. The molecule has 0 saturated heterocycles. The average molecular weight is 359 g/mol. The van der Waals surface area contributed by atoms with Crippen LogP contribution in [0.3, 0.4) is 0 Å². The Hall–Kier alpha value is -1.42. The summed E-state index contributed by atoms with van der Waals surface area (Å²) in [5.74, 6) is 0.0955. The van der Waals surface area contributed by atoms with E-state index >= 15 is 0 Å². The van der Waals surface area contributed by atoms with Crippen molar-refractivity contribution < 1.29 is 9.53 Å². The number of halogens is 3. The molecule has 116 valence electrons. The van der Waals surface area contributed by atoms with Gasteiger partial charge in [-0.15, -0.1) is 0 Å². The Morgan fingerprint density at radius 1 is 1.09 bits per heavy atom. The third-order valence-corrected chi connectivity index (χ3v) is 4.17.